The van der Waals surface area contributed by atoms with E-state index in [4.69, 9.17) is 9.47 Å². The molecule has 2 rings (SSSR count). The van der Waals surface area contributed by atoms with Gasteiger partial charge in [0.25, 0.3) is 5.69 Å². The fraction of sp³-hybridized carbons (Fsp3) is 0.118. The summed E-state index contributed by atoms with van der Waals surface area (Å²) in [6.45, 7) is 0. The molecule has 7 nitrogen and oxygen atoms in total. The van der Waals surface area contributed by atoms with Crippen molar-refractivity contribution in [1.29, 1.82) is 0 Å². The topological polar surface area (TPSA) is 90.7 Å². The molecule has 2 aromatic carbocycles. The zero-order valence-corrected chi connectivity index (χ0v) is 13.5. The molecule has 0 saturated carbocycles. The van der Waals surface area contributed by atoms with E-state index in [1.807, 2.05) is 0 Å². The fourth-order valence-electron chi connectivity index (χ4n) is 2.03. The van der Waals surface area contributed by atoms with Gasteiger partial charge >= 0.3 is 0 Å². The minimum atomic E-state index is -0.765. The van der Waals surface area contributed by atoms with Crippen molar-refractivity contribution in [3.8, 4) is 11.5 Å². The van der Waals surface area contributed by atoms with Crippen molar-refractivity contribution in [1.82, 2.24) is 0 Å². The van der Waals surface area contributed by atoms with Crippen molar-refractivity contribution in [3.05, 3.63) is 64.0 Å². The monoisotopic (exact) mass is 346 g/mol. The largest absolute Gasteiger partial charge is 0.493 e. The minimum Gasteiger partial charge on any atom is -0.493 e. The SMILES string of the molecule is COc1ccc(/C=C/C(=O)Nc2cc([N+](=O)[O-])ccc2F)cc1OC. The van der Waals surface area contributed by atoms with Gasteiger partial charge in [0.2, 0.25) is 5.91 Å². The van der Waals surface area contributed by atoms with Crippen molar-refractivity contribution in [3.63, 3.8) is 0 Å². The number of ether oxygens (including phenoxy) is 2. The van der Waals surface area contributed by atoms with Crippen LogP contribution in [0.4, 0.5) is 15.8 Å². The Morgan fingerprint density at radius 3 is 2.52 bits per heavy atom. The molecule has 25 heavy (non-hydrogen) atoms. The van der Waals surface area contributed by atoms with Crippen LogP contribution >= 0.6 is 0 Å². The van der Waals surface area contributed by atoms with Crippen LogP contribution in [-0.2, 0) is 4.79 Å². The summed E-state index contributed by atoms with van der Waals surface area (Å²) >= 11 is 0. The number of hydrogen-bond donors (Lipinski definition) is 1. The highest BCUT2D eigenvalue weighted by Gasteiger charge is 2.12. The Bertz CT molecular complexity index is 836. The van der Waals surface area contributed by atoms with Gasteiger partial charge < -0.3 is 14.8 Å². The van der Waals surface area contributed by atoms with E-state index in [1.165, 1.54) is 26.4 Å². The van der Waals surface area contributed by atoms with Crippen LogP contribution in [0.3, 0.4) is 0 Å². The van der Waals surface area contributed by atoms with Crippen LogP contribution in [0.25, 0.3) is 6.08 Å². The summed E-state index contributed by atoms with van der Waals surface area (Å²) in [6.07, 6.45) is 2.67. The number of carbonyl (C=O) groups excluding carboxylic acids is 1. The van der Waals surface area contributed by atoms with E-state index < -0.39 is 16.6 Å². The standard InChI is InChI=1S/C17H15FN2O5/c1-24-15-7-3-11(9-16(15)25-2)4-8-17(21)19-14-10-12(20(22)23)5-6-13(14)18/h3-10H,1-2H3,(H,19,21)/b8-4+. The lowest BCUT2D eigenvalue weighted by Gasteiger charge is -2.07. The number of nitrogens with one attached hydrogen (secondary N) is 1. The number of nitrogens with zero attached hydrogens (tertiary/aromatic N) is 1. The first-order chi connectivity index (χ1) is 11.9. The van der Waals surface area contributed by atoms with Crippen LogP contribution in [0.15, 0.2) is 42.5 Å². The van der Waals surface area contributed by atoms with Crippen LogP contribution in [0, 0.1) is 15.9 Å². The summed E-state index contributed by atoms with van der Waals surface area (Å²) in [5.74, 6) is -0.356. The van der Waals surface area contributed by atoms with Gasteiger partial charge in [-0.3, -0.25) is 14.9 Å². The van der Waals surface area contributed by atoms with Crippen LogP contribution in [-0.4, -0.2) is 25.1 Å². The number of nitro groups is 1. The zero-order chi connectivity index (χ0) is 18.4. The minimum absolute atomic E-state index is 0.267. The number of rotatable bonds is 6. The lowest BCUT2D eigenvalue weighted by atomic mass is 10.2. The second kappa shape index (κ2) is 7.91. The predicted molar refractivity (Wildman–Crippen MR) is 90.3 cm³/mol. The van der Waals surface area contributed by atoms with Crippen LogP contribution in [0.5, 0.6) is 11.5 Å². The molecule has 0 bridgehead atoms. The van der Waals surface area contributed by atoms with E-state index in [1.54, 1.807) is 18.2 Å². The van der Waals surface area contributed by atoms with E-state index in [2.05, 4.69) is 5.32 Å². The van der Waals surface area contributed by atoms with Crippen LogP contribution < -0.4 is 14.8 Å². The van der Waals surface area contributed by atoms with Gasteiger partial charge in [-0.25, -0.2) is 4.39 Å². The van der Waals surface area contributed by atoms with Gasteiger partial charge in [0.05, 0.1) is 24.8 Å². The predicted octanol–water partition coefficient (Wildman–Crippen LogP) is 3.40. The second-order valence-electron chi connectivity index (χ2n) is 4.86. The van der Waals surface area contributed by atoms with Gasteiger partial charge in [-0.1, -0.05) is 6.07 Å². The third-order valence-electron chi connectivity index (χ3n) is 3.25. The fourth-order valence-corrected chi connectivity index (χ4v) is 2.03. The van der Waals surface area contributed by atoms with Crippen molar-refractivity contribution in [2.45, 2.75) is 0 Å². The van der Waals surface area contributed by atoms with Gasteiger partial charge in [0.1, 0.15) is 5.82 Å². The molecule has 0 atom stereocenters. The van der Waals surface area contributed by atoms with Gasteiger partial charge in [-0.05, 0) is 29.8 Å². The molecule has 0 radical (unpaired) electrons. The van der Waals surface area contributed by atoms with E-state index in [-0.39, 0.29) is 11.4 Å². The molecule has 0 aliphatic carbocycles. The summed E-state index contributed by atoms with van der Waals surface area (Å²) in [5, 5.41) is 13.0. The van der Waals surface area contributed by atoms with Crippen molar-refractivity contribution in [2.75, 3.05) is 19.5 Å². The van der Waals surface area contributed by atoms with E-state index in [0.29, 0.717) is 17.1 Å². The highest BCUT2D eigenvalue weighted by atomic mass is 19.1. The maximum absolute atomic E-state index is 13.6. The lowest BCUT2D eigenvalue weighted by molar-refractivity contribution is -0.384. The molecule has 1 amide bonds. The Labute approximate surface area is 142 Å². The maximum atomic E-state index is 13.6. The summed E-state index contributed by atoms with van der Waals surface area (Å²) in [4.78, 5) is 21.9. The van der Waals surface area contributed by atoms with Gasteiger partial charge in [0.15, 0.2) is 11.5 Å². The molecule has 0 aromatic heterocycles. The smallest absolute Gasteiger partial charge is 0.271 e. The molecular formula is C17H15FN2O5. The Hall–Kier alpha value is -3.42. The number of amides is 1. The number of anilines is 1. The van der Waals surface area contributed by atoms with Crippen molar-refractivity contribution in [2.24, 2.45) is 0 Å². The molecule has 0 fully saturated rings. The van der Waals surface area contributed by atoms with E-state index >= 15 is 0 Å². The molecule has 0 saturated heterocycles. The molecule has 0 heterocycles. The molecule has 0 aliphatic heterocycles. The van der Waals surface area contributed by atoms with Crippen LogP contribution in [0.1, 0.15) is 5.56 Å². The Morgan fingerprint density at radius 2 is 1.88 bits per heavy atom. The van der Waals surface area contributed by atoms with E-state index in [0.717, 1.165) is 18.2 Å². The highest BCUT2D eigenvalue weighted by Crippen LogP contribution is 2.28. The van der Waals surface area contributed by atoms with Gasteiger partial charge in [0, 0.05) is 18.2 Å². The Balaban J connectivity index is 2.14. The molecule has 0 unspecified atom stereocenters. The molecule has 0 aliphatic rings. The third kappa shape index (κ3) is 4.54. The molecule has 130 valence electrons. The maximum Gasteiger partial charge on any atom is 0.271 e. The lowest BCUT2D eigenvalue weighted by Crippen LogP contribution is -2.09. The molecular weight excluding hydrogens is 331 g/mol. The number of benzene rings is 2. The first-order valence-corrected chi connectivity index (χ1v) is 7.09. The number of non-ortho nitro benzene ring substituents is 1. The molecule has 8 heteroatoms. The first kappa shape index (κ1) is 17.9. The zero-order valence-electron chi connectivity index (χ0n) is 13.5. The van der Waals surface area contributed by atoms with Gasteiger partial charge in [-0.15, -0.1) is 0 Å². The average molecular weight is 346 g/mol. The quantitative estimate of drug-likeness (QED) is 0.492. The number of carbonyl (C=O) groups is 1. The number of hydrogen-bond acceptors (Lipinski definition) is 5. The normalized spacial score (nSPS) is 10.5. The number of methoxy groups -OCH3 is 2. The Kier molecular flexibility index (Phi) is 5.67. The highest BCUT2D eigenvalue weighted by molar-refractivity contribution is 6.02. The second-order valence-corrected chi connectivity index (χ2v) is 4.86. The molecule has 0 spiro atoms. The average Bonchev–Trinajstić information content (AvgIpc) is 2.61. The van der Waals surface area contributed by atoms with Gasteiger partial charge in [-0.2, -0.15) is 0 Å². The summed E-state index contributed by atoms with van der Waals surface area (Å²) in [7, 11) is 3.00. The third-order valence-corrected chi connectivity index (χ3v) is 3.25. The molecule has 1 N–H and O–H groups in total. The Morgan fingerprint density at radius 1 is 1.16 bits per heavy atom. The number of halogens is 1. The molecule has 2 aromatic rings. The first-order valence-electron chi connectivity index (χ1n) is 7.09. The summed E-state index contributed by atoms with van der Waals surface area (Å²) in [5.41, 5.74) is 0.0732. The summed E-state index contributed by atoms with van der Waals surface area (Å²) < 4.78 is 23.9. The van der Waals surface area contributed by atoms with Crippen LogP contribution in [0.2, 0.25) is 0 Å². The van der Waals surface area contributed by atoms with Crippen molar-refractivity contribution >= 4 is 23.4 Å². The number of nitro benzene ring substituents is 1. The summed E-state index contributed by atoms with van der Waals surface area (Å²) in [6, 6.07) is 7.94. The van der Waals surface area contributed by atoms with Crippen molar-refractivity contribution < 1.29 is 23.6 Å². The van der Waals surface area contributed by atoms with E-state index in [9.17, 15) is 19.3 Å².